The first-order chi connectivity index (χ1) is 11.7. The van der Waals surface area contributed by atoms with Crippen LogP contribution in [0, 0.1) is 17.8 Å². The molecule has 120 valence electrons. The molecule has 0 unspecified atom stereocenters. The Kier molecular flexibility index (Phi) is 3.93. The maximum atomic E-state index is 9.15. The molecule has 1 N–H and O–H groups in total. The van der Waals surface area contributed by atoms with Gasteiger partial charge in [-0.25, -0.2) is 4.68 Å². The Balaban J connectivity index is 1.67. The van der Waals surface area contributed by atoms with Crippen molar-refractivity contribution in [1.29, 1.82) is 0 Å². The van der Waals surface area contributed by atoms with Gasteiger partial charge in [-0.1, -0.05) is 28.7 Å². The third-order valence-corrected chi connectivity index (χ3v) is 4.46. The van der Waals surface area contributed by atoms with Crippen LogP contribution < -0.4 is 0 Å². The Morgan fingerprint density at radius 2 is 2.12 bits per heavy atom. The number of aromatic nitrogens is 4. The van der Waals surface area contributed by atoms with Gasteiger partial charge in [-0.2, -0.15) is 0 Å². The second-order valence-electron chi connectivity index (χ2n) is 6.00. The maximum absolute atomic E-state index is 9.15. The maximum Gasteiger partial charge on any atom is 0.133 e. The number of hydrogen-bond donors (Lipinski definition) is 1. The van der Waals surface area contributed by atoms with Crippen molar-refractivity contribution >= 4 is 22.6 Å². The lowest BCUT2D eigenvalue weighted by Gasteiger charge is -2.01. The van der Waals surface area contributed by atoms with Crippen LogP contribution in [0.3, 0.4) is 0 Å². The van der Waals surface area contributed by atoms with E-state index >= 15 is 0 Å². The molecule has 1 aliphatic rings. The van der Waals surface area contributed by atoms with Crippen LogP contribution in [-0.4, -0.2) is 25.1 Å². The predicted molar refractivity (Wildman–Crippen MR) is 91.4 cm³/mol. The van der Waals surface area contributed by atoms with E-state index in [1.54, 1.807) is 18.5 Å². The van der Waals surface area contributed by atoms with E-state index in [4.69, 9.17) is 16.7 Å². The summed E-state index contributed by atoms with van der Waals surface area (Å²) >= 11 is 6.46. The third kappa shape index (κ3) is 2.99. The van der Waals surface area contributed by atoms with Gasteiger partial charge >= 0.3 is 0 Å². The first-order valence-electron chi connectivity index (χ1n) is 7.83. The van der Waals surface area contributed by atoms with E-state index in [1.165, 1.54) is 12.8 Å². The quantitative estimate of drug-likeness (QED) is 0.746. The average molecular weight is 339 g/mol. The minimum Gasteiger partial charge on any atom is -0.392 e. The van der Waals surface area contributed by atoms with Crippen molar-refractivity contribution in [3.8, 4) is 11.8 Å². The Hall–Kier alpha value is -2.42. The zero-order valence-electron chi connectivity index (χ0n) is 12.9. The lowest BCUT2D eigenvalue weighted by atomic mass is 10.1. The largest absolute Gasteiger partial charge is 0.392 e. The highest BCUT2D eigenvalue weighted by molar-refractivity contribution is 6.36. The summed E-state index contributed by atoms with van der Waals surface area (Å²) in [6.07, 6.45) is 5.80. The van der Waals surface area contributed by atoms with Gasteiger partial charge in [0.2, 0.25) is 0 Å². The van der Waals surface area contributed by atoms with E-state index in [0.29, 0.717) is 16.1 Å². The van der Waals surface area contributed by atoms with E-state index in [0.717, 1.165) is 29.1 Å². The first kappa shape index (κ1) is 15.1. The lowest BCUT2D eigenvalue weighted by molar-refractivity contribution is 0.281. The standard InChI is InChI=1S/C18H15ClN4O/c19-17-15(4-3-13-7-14(11-24)9-20-8-13)5-6-16-18(17)21-22-23(16)10-12-1-2-12/h5-9,12,24H,1-2,10-11H2. The summed E-state index contributed by atoms with van der Waals surface area (Å²) in [5.41, 5.74) is 3.80. The number of pyridine rings is 1. The summed E-state index contributed by atoms with van der Waals surface area (Å²) in [6.45, 7) is 0.844. The van der Waals surface area contributed by atoms with Crippen molar-refractivity contribution in [1.82, 2.24) is 20.0 Å². The predicted octanol–water partition coefficient (Wildman–Crippen LogP) is 2.78. The van der Waals surface area contributed by atoms with E-state index in [1.807, 2.05) is 16.8 Å². The van der Waals surface area contributed by atoms with Crippen molar-refractivity contribution in [3.05, 3.63) is 52.3 Å². The fourth-order valence-corrected chi connectivity index (χ4v) is 2.81. The molecule has 1 saturated carbocycles. The van der Waals surface area contributed by atoms with Gasteiger partial charge in [0, 0.05) is 30.1 Å². The molecule has 6 heteroatoms. The molecule has 0 spiro atoms. The van der Waals surface area contributed by atoms with Crippen molar-refractivity contribution in [2.24, 2.45) is 5.92 Å². The fraction of sp³-hybridized carbons (Fsp3) is 0.278. The van der Waals surface area contributed by atoms with Crippen LogP contribution in [0.25, 0.3) is 11.0 Å². The van der Waals surface area contributed by atoms with Crippen molar-refractivity contribution in [3.63, 3.8) is 0 Å². The summed E-state index contributed by atoms with van der Waals surface area (Å²) in [5, 5.41) is 18.1. The topological polar surface area (TPSA) is 63.8 Å². The highest BCUT2D eigenvalue weighted by Crippen LogP contribution is 2.32. The first-order valence-corrected chi connectivity index (χ1v) is 8.21. The minimum absolute atomic E-state index is 0.0562. The molecule has 0 bridgehead atoms. The van der Waals surface area contributed by atoms with Crippen molar-refractivity contribution < 1.29 is 5.11 Å². The molecular formula is C18H15ClN4O. The van der Waals surface area contributed by atoms with Gasteiger partial charge in [0.05, 0.1) is 17.1 Å². The number of halogens is 1. The molecule has 3 aromatic rings. The normalized spacial score (nSPS) is 13.8. The van der Waals surface area contributed by atoms with Gasteiger partial charge in [0.15, 0.2) is 0 Å². The summed E-state index contributed by atoms with van der Waals surface area (Å²) in [5.74, 6) is 6.80. The molecule has 0 saturated heterocycles. The number of aliphatic hydroxyl groups is 1. The number of aliphatic hydroxyl groups excluding tert-OH is 1. The zero-order chi connectivity index (χ0) is 16.5. The minimum atomic E-state index is -0.0562. The van der Waals surface area contributed by atoms with Crippen LogP contribution in [0.5, 0.6) is 0 Å². The Morgan fingerprint density at radius 1 is 1.25 bits per heavy atom. The molecule has 0 atom stereocenters. The lowest BCUT2D eigenvalue weighted by Crippen LogP contribution is -2.01. The Morgan fingerprint density at radius 3 is 2.92 bits per heavy atom. The Bertz CT molecular complexity index is 966. The zero-order valence-corrected chi connectivity index (χ0v) is 13.7. The van der Waals surface area contributed by atoms with Gasteiger partial charge in [0.25, 0.3) is 0 Å². The summed E-state index contributed by atoms with van der Waals surface area (Å²) in [7, 11) is 0. The highest BCUT2D eigenvalue weighted by atomic mass is 35.5. The fourth-order valence-electron chi connectivity index (χ4n) is 2.56. The summed E-state index contributed by atoms with van der Waals surface area (Å²) in [4.78, 5) is 4.06. The van der Waals surface area contributed by atoms with E-state index in [2.05, 4.69) is 27.1 Å². The number of nitrogens with zero attached hydrogens (tertiary/aromatic N) is 4. The van der Waals surface area contributed by atoms with Crippen LogP contribution in [-0.2, 0) is 13.2 Å². The van der Waals surface area contributed by atoms with E-state index in [9.17, 15) is 0 Å². The average Bonchev–Trinajstić information content (AvgIpc) is 3.33. The molecule has 1 aliphatic carbocycles. The van der Waals surface area contributed by atoms with Crippen LogP contribution in [0.15, 0.2) is 30.6 Å². The second kappa shape index (κ2) is 6.23. The molecular weight excluding hydrogens is 324 g/mol. The number of rotatable bonds is 3. The molecule has 2 heterocycles. The summed E-state index contributed by atoms with van der Waals surface area (Å²) < 4.78 is 1.92. The molecule has 4 rings (SSSR count). The molecule has 0 radical (unpaired) electrons. The van der Waals surface area contributed by atoms with Gasteiger partial charge < -0.3 is 5.11 Å². The molecule has 24 heavy (non-hydrogen) atoms. The van der Waals surface area contributed by atoms with Crippen LogP contribution >= 0.6 is 11.6 Å². The smallest absolute Gasteiger partial charge is 0.133 e. The SMILES string of the molecule is OCc1cncc(C#Cc2ccc3c(nnn3CC3CC3)c2Cl)c1. The monoisotopic (exact) mass is 338 g/mol. The molecule has 5 nitrogen and oxygen atoms in total. The summed E-state index contributed by atoms with van der Waals surface area (Å²) in [6, 6.07) is 5.67. The number of hydrogen-bond acceptors (Lipinski definition) is 4. The van der Waals surface area contributed by atoms with E-state index < -0.39 is 0 Å². The van der Waals surface area contributed by atoms with Crippen molar-refractivity contribution in [2.75, 3.05) is 0 Å². The molecule has 2 aromatic heterocycles. The molecule has 1 fully saturated rings. The third-order valence-electron chi connectivity index (χ3n) is 4.07. The van der Waals surface area contributed by atoms with Crippen LogP contribution in [0.1, 0.15) is 29.5 Å². The van der Waals surface area contributed by atoms with Crippen LogP contribution in [0.2, 0.25) is 5.02 Å². The van der Waals surface area contributed by atoms with Crippen LogP contribution in [0.4, 0.5) is 0 Å². The number of fused-ring (bicyclic) bond motifs is 1. The number of benzene rings is 1. The highest BCUT2D eigenvalue weighted by Gasteiger charge is 2.23. The Labute approximate surface area is 144 Å². The second-order valence-corrected chi connectivity index (χ2v) is 6.38. The van der Waals surface area contributed by atoms with E-state index in [-0.39, 0.29) is 6.61 Å². The molecule has 0 amide bonds. The van der Waals surface area contributed by atoms with Gasteiger partial charge in [-0.3, -0.25) is 4.98 Å². The molecule has 1 aromatic carbocycles. The van der Waals surface area contributed by atoms with Gasteiger partial charge in [-0.15, -0.1) is 5.10 Å². The van der Waals surface area contributed by atoms with Crippen molar-refractivity contribution in [2.45, 2.75) is 26.0 Å². The van der Waals surface area contributed by atoms with Gasteiger partial charge in [-0.05, 0) is 42.5 Å². The van der Waals surface area contributed by atoms with Gasteiger partial charge in [0.1, 0.15) is 5.52 Å². The molecule has 0 aliphatic heterocycles.